The number of rotatable bonds is 14. The molecule has 1 rings (SSSR count). The van der Waals surface area contributed by atoms with Crippen molar-refractivity contribution in [1.29, 1.82) is 0 Å². The molecule has 0 spiro atoms. The van der Waals surface area contributed by atoms with Crippen molar-refractivity contribution in [2.45, 2.75) is 71.1 Å². The van der Waals surface area contributed by atoms with Crippen molar-refractivity contribution in [3.8, 4) is 5.75 Å². The molecule has 0 atom stereocenters. The van der Waals surface area contributed by atoms with E-state index in [1.54, 1.807) is 6.07 Å². The molecule has 26 heavy (non-hydrogen) atoms. The van der Waals surface area contributed by atoms with Crippen molar-refractivity contribution in [1.82, 2.24) is 0 Å². The molecule has 0 bridgehead atoms. The first kappa shape index (κ1) is 22.0. The molecule has 1 aromatic carbocycles. The van der Waals surface area contributed by atoms with Crippen molar-refractivity contribution >= 4 is 11.9 Å². The Morgan fingerprint density at radius 3 is 2.00 bits per heavy atom. The van der Waals surface area contributed by atoms with Gasteiger partial charge in [0, 0.05) is 0 Å². The van der Waals surface area contributed by atoms with Crippen molar-refractivity contribution in [3.63, 3.8) is 0 Å². The molecular weight excluding hydrogens is 332 g/mol. The van der Waals surface area contributed by atoms with Crippen molar-refractivity contribution < 1.29 is 24.2 Å². The molecular formula is C21H32O5. The van der Waals surface area contributed by atoms with Crippen LogP contribution in [0.25, 0.3) is 0 Å². The summed E-state index contributed by atoms with van der Waals surface area (Å²) >= 11 is 0. The number of esters is 1. The molecule has 146 valence electrons. The monoisotopic (exact) mass is 364 g/mol. The fourth-order valence-electron chi connectivity index (χ4n) is 2.86. The number of hydrogen-bond donors (Lipinski definition) is 1. The molecule has 5 nitrogen and oxygen atoms in total. The van der Waals surface area contributed by atoms with Gasteiger partial charge in [0.05, 0.1) is 24.8 Å². The van der Waals surface area contributed by atoms with E-state index >= 15 is 0 Å². The summed E-state index contributed by atoms with van der Waals surface area (Å²) in [6.45, 7) is 2.79. The molecule has 1 aromatic rings. The topological polar surface area (TPSA) is 72.8 Å². The van der Waals surface area contributed by atoms with E-state index in [0.29, 0.717) is 12.4 Å². The van der Waals surface area contributed by atoms with E-state index in [4.69, 9.17) is 9.84 Å². The molecule has 0 heterocycles. The lowest BCUT2D eigenvalue weighted by atomic mass is 10.1. The normalized spacial score (nSPS) is 10.5. The van der Waals surface area contributed by atoms with E-state index in [9.17, 15) is 9.59 Å². The molecule has 0 unspecified atom stereocenters. The van der Waals surface area contributed by atoms with E-state index in [1.165, 1.54) is 70.6 Å². The van der Waals surface area contributed by atoms with Gasteiger partial charge in [-0.2, -0.15) is 0 Å². The quantitative estimate of drug-likeness (QED) is 0.350. The molecule has 0 saturated carbocycles. The number of hydrogen-bond acceptors (Lipinski definition) is 4. The van der Waals surface area contributed by atoms with Crippen LogP contribution in [0.15, 0.2) is 18.2 Å². The second kappa shape index (κ2) is 13.2. The van der Waals surface area contributed by atoms with Crippen LogP contribution in [0.1, 0.15) is 91.8 Å². The van der Waals surface area contributed by atoms with E-state index in [1.807, 2.05) is 0 Å². The minimum atomic E-state index is -1.16. The first-order valence-electron chi connectivity index (χ1n) is 9.68. The number of carbonyl (C=O) groups excluding carboxylic acids is 1. The average molecular weight is 364 g/mol. The van der Waals surface area contributed by atoms with Crippen LogP contribution >= 0.6 is 0 Å². The lowest BCUT2D eigenvalue weighted by Crippen LogP contribution is -2.10. The molecule has 0 fully saturated rings. The fraction of sp³-hybridized carbons (Fsp3) is 0.619. The Morgan fingerprint density at radius 1 is 0.885 bits per heavy atom. The standard InChI is InChI=1S/C21H32O5/c1-3-4-5-6-7-8-9-10-11-12-15-26-17-13-14-18(20(22)23)19(16-17)21(24)25-2/h13-14,16H,3-12,15H2,1-2H3,(H,22,23). The first-order valence-corrected chi connectivity index (χ1v) is 9.68. The van der Waals surface area contributed by atoms with Gasteiger partial charge in [0.15, 0.2) is 0 Å². The summed E-state index contributed by atoms with van der Waals surface area (Å²) in [4.78, 5) is 22.9. The Bertz CT molecular complexity index is 553. The highest BCUT2D eigenvalue weighted by Crippen LogP contribution is 2.20. The number of aromatic carboxylic acids is 1. The molecule has 0 amide bonds. The highest BCUT2D eigenvalue weighted by atomic mass is 16.5. The maximum absolute atomic E-state index is 11.7. The van der Waals surface area contributed by atoms with Gasteiger partial charge in [0.1, 0.15) is 5.75 Å². The molecule has 0 aliphatic carbocycles. The average Bonchev–Trinajstić information content (AvgIpc) is 2.65. The zero-order chi connectivity index (χ0) is 19.2. The summed E-state index contributed by atoms with van der Waals surface area (Å²) in [5, 5.41) is 9.13. The Balaban J connectivity index is 2.25. The Hall–Kier alpha value is -2.04. The maximum atomic E-state index is 11.7. The van der Waals surface area contributed by atoms with E-state index < -0.39 is 11.9 Å². The minimum Gasteiger partial charge on any atom is -0.494 e. The fourth-order valence-corrected chi connectivity index (χ4v) is 2.86. The van der Waals surface area contributed by atoms with Gasteiger partial charge in [-0.25, -0.2) is 9.59 Å². The third kappa shape index (κ3) is 8.37. The lowest BCUT2D eigenvalue weighted by Gasteiger charge is -2.09. The second-order valence-electron chi connectivity index (χ2n) is 6.53. The number of carboxylic acids is 1. The summed E-state index contributed by atoms with van der Waals surface area (Å²) in [6.07, 6.45) is 12.5. The van der Waals surface area contributed by atoms with Gasteiger partial charge in [-0.15, -0.1) is 0 Å². The molecule has 0 aromatic heterocycles. The summed E-state index contributed by atoms with van der Waals surface area (Å²) in [7, 11) is 1.23. The van der Waals surface area contributed by atoms with Crippen molar-refractivity contribution in [2.24, 2.45) is 0 Å². The Morgan fingerprint density at radius 2 is 1.46 bits per heavy atom. The number of carbonyl (C=O) groups is 2. The SMILES string of the molecule is CCCCCCCCCCCCOc1ccc(C(=O)O)c(C(=O)OC)c1. The largest absolute Gasteiger partial charge is 0.494 e. The molecule has 0 saturated heterocycles. The lowest BCUT2D eigenvalue weighted by molar-refractivity contribution is 0.0582. The van der Waals surface area contributed by atoms with Crippen LogP contribution in [0.3, 0.4) is 0 Å². The summed E-state index contributed by atoms with van der Waals surface area (Å²) in [5.41, 5.74) is -0.0660. The van der Waals surface area contributed by atoms with Gasteiger partial charge >= 0.3 is 11.9 Å². The van der Waals surface area contributed by atoms with Gasteiger partial charge < -0.3 is 14.6 Å². The van der Waals surface area contributed by atoms with E-state index in [-0.39, 0.29) is 11.1 Å². The molecule has 0 radical (unpaired) electrons. The Labute approximate surface area is 156 Å². The highest BCUT2D eigenvalue weighted by Gasteiger charge is 2.18. The second-order valence-corrected chi connectivity index (χ2v) is 6.53. The predicted molar refractivity (Wildman–Crippen MR) is 102 cm³/mol. The van der Waals surface area contributed by atoms with E-state index in [2.05, 4.69) is 11.7 Å². The summed E-state index contributed by atoms with van der Waals surface area (Å²) in [6, 6.07) is 4.39. The zero-order valence-corrected chi connectivity index (χ0v) is 16.1. The van der Waals surface area contributed by atoms with Crippen molar-refractivity contribution in [3.05, 3.63) is 29.3 Å². The number of carboxylic acid groups (broad SMARTS) is 1. The van der Waals surface area contributed by atoms with Crippen LogP contribution in [0.5, 0.6) is 5.75 Å². The van der Waals surface area contributed by atoms with Crippen LogP contribution in [0.2, 0.25) is 0 Å². The number of benzene rings is 1. The minimum absolute atomic E-state index is 0.0144. The maximum Gasteiger partial charge on any atom is 0.338 e. The molecule has 0 aliphatic heterocycles. The van der Waals surface area contributed by atoms with E-state index in [0.717, 1.165) is 12.8 Å². The van der Waals surface area contributed by atoms with Crippen LogP contribution in [-0.4, -0.2) is 30.8 Å². The third-order valence-electron chi connectivity index (χ3n) is 4.39. The Kier molecular flexibility index (Phi) is 11.2. The van der Waals surface area contributed by atoms with Gasteiger partial charge in [-0.05, 0) is 24.6 Å². The van der Waals surface area contributed by atoms with Crippen molar-refractivity contribution in [2.75, 3.05) is 13.7 Å². The molecule has 5 heteroatoms. The van der Waals surface area contributed by atoms with Gasteiger partial charge in [-0.1, -0.05) is 64.7 Å². The molecule has 1 N–H and O–H groups in total. The third-order valence-corrected chi connectivity index (χ3v) is 4.39. The number of ether oxygens (including phenoxy) is 2. The van der Waals surface area contributed by atoms with Crippen LogP contribution < -0.4 is 4.74 Å². The summed E-state index contributed by atoms with van der Waals surface area (Å²) in [5.74, 6) is -1.34. The molecule has 0 aliphatic rings. The smallest absolute Gasteiger partial charge is 0.338 e. The first-order chi connectivity index (χ1) is 12.6. The highest BCUT2D eigenvalue weighted by molar-refractivity contribution is 6.02. The predicted octanol–water partition coefficient (Wildman–Crippen LogP) is 5.47. The summed E-state index contributed by atoms with van der Waals surface area (Å²) < 4.78 is 10.3. The van der Waals surface area contributed by atoms with Crippen LogP contribution in [-0.2, 0) is 4.74 Å². The number of methoxy groups -OCH3 is 1. The zero-order valence-electron chi connectivity index (χ0n) is 16.1. The van der Waals surface area contributed by atoms with Gasteiger partial charge in [-0.3, -0.25) is 0 Å². The number of unbranched alkanes of at least 4 members (excludes halogenated alkanes) is 9. The van der Waals surface area contributed by atoms with Crippen LogP contribution in [0, 0.1) is 0 Å². The van der Waals surface area contributed by atoms with Gasteiger partial charge in [0.25, 0.3) is 0 Å². The van der Waals surface area contributed by atoms with Crippen LogP contribution in [0.4, 0.5) is 0 Å². The van der Waals surface area contributed by atoms with Gasteiger partial charge in [0.2, 0.25) is 0 Å².